The lowest BCUT2D eigenvalue weighted by Crippen LogP contribution is -2.09. The first-order valence-electron chi connectivity index (χ1n) is 9.85. The minimum atomic E-state index is 0.697. The van der Waals surface area contributed by atoms with E-state index < -0.39 is 0 Å². The van der Waals surface area contributed by atoms with E-state index in [0.717, 1.165) is 29.5 Å². The molecule has 0 unspecified atom stereocenters. The lowest BCUT2D eigenvalue weighted by atomic mass is 10.00. The molecule has 5 rings (SSSR count). The number of aryl methyl sites for hydroxylation is 3. The average molecular weight is 391 g/mol. The lowest BCUT2D eigenvalue weighted by Gasteiger charge is -2.09. The molecule has 28 heavy (non-hydrogen) atoms. The molecular formula is C23H23ClN4. The van der Waals surface area contributed by atoms with E-state index in [0.29, 0.717) is 6.54 Å². The molecule has 0 saturated heterocycles. The zero-order valence-corrected chi connectivity index (χ0v) is 16.7. The van der Waals surface area contributed by atoms with Gasteiger partial charge in [-0.1, -0.05) is 41.4 Å². The zero-order chi connectivity index (χ0) is 19.1. The van der Waals surface area contributed by atoms with Crippen LogP contribution in [0.3, 0.4) is 0 Å². The fraction of sp³-hybridized carbons (Fsp3) is 0.261. The normalized spacial score (nSPS) is 13.6. The van der Waals surface area contributed by atoms with Gasteiger partial charge in [-0.3, -0.25) is 0 Å². The Morgan fingerprint density at radius 2 is 1.82 bits per heavy atom. The van der Waals surface area contributed by atoms with Crippen molar-refractivity contribution >= 4 is 22.9 Å². The molecule has 1 aliphatic heterocycles. The number of halogens is 1. The highest BCUT2D eigenvalue weighted by molar-refractivity contribution is 6.30. The predicted molar refractivity (Wildman–Crippen MR) is 115 cm³/mol. The van der Waals surface area contributed by atoms with E-state index in [1.54, 1.807) is 0 Å². The molecule has 2 aromatic carbocycles. The Morgan fingerprint density at radius 1 is 1.04 bits per heavy atom. The van der Waals surface area contributed by atoms with Crippen LogP contribution in [0, 0.1) is 6.92 Å². The Labute approximate surface area is 169 Å². The highest BCUT2D eigenvalue weighted by atomic mass is 35.5. The number of benzene rings is 2. The molecule has 2 aromatic heterocycles. The second-order valence-corrected chi connectivity index (χ2v) is 7.98. The van der Waals surface area contributed by atoms with Crippen LogP contribution in [0.5, 0.6) is 0 Å². The number of nitrogens with one attached hydrogen (secondary N) is 1. The quantitative estimate of drug-likeness (QED) is 0.484. The largest absolute Gasteiger partial charge is 0.378 e. The number of aromatic nitrogens is 3. The van der Waals surface area contributed by atoms with Gasteiger partial charge in [0.25, 0.3) is 0 Å². The average Bonchev–Trinajstić information content (AvgIpc) is 3.12. The van der Waals surface area contributed by atoms with Gasteiger partial charge >= 0.3 is 0 Å². The van der Waals surface area contributed by atoms with Crippen molar-refractivity contribution in [3.05, 3.63) is 76.7 Å². The Bertz CT molecular complexity index is 1120. The third kappa shape index (κ3) is 3.08. The number of nitrogens with zero attached hydrogens (tertiary/aromatic N) is 3. The molecule has 0 bridgehead atoms. The van der Waals surface area contributed by atoms with Crippen molar-refractivity contribution in [3.8, 4) is 11.1 Å². The second-order valence-electron chi connectivity index (χ2n) is 7.54. The summed E-state index contributed by atoms with van der Waals surface area (Å²) in [7, 11) is 0. The van der Waals surface area contributed by atoms with E-state index >= 15 is 0 Å². The van der Waals surface area contributed by atoms with Crippen molar-refractivity contribution in [1.82, 2.24) is 14.2 Å². The summed E-state index contributed by atoms with van der Waals surface area (Å²) in [5, 5.41) is 9.14. The van der Waals surface area contributed by atoms with Gasteiger partial charge in [0.2, 0.25) is 0 Å². The van der Waals surface area contributed by atoms with Crippen LogP contribution in [-0.4, -0.2) is 14.2 Å². The van der Waals surface area contributed by atoms with Crippen LogP contribution in [0.15, 0.2) is 54.7 Å². The second kappa shape index (κ2) is 7.02. The molecule has 4 nitrogen and oxygen atoms in total. The van der Waals surface area contributed by atoms with Crippen LogP contribution < -0.4 is 5.32 Å². The molecule has 0 radical (unpaired) electrons. The Morgan fingerprint density at radius 3 is 2.61 bits per heavy atom. The van der Waals surface area contributed by atoms with Crippen molar-refractivity contribution in [3.63, 3.8) is 0 Å². The van der Waals surface area contributed by atoms with Gasteiger partial charge in [0.1, 0.15) is 5.65 Å². The van der Waals surface area contributed by atoms with Gasteiger partial charge in [-0.2, -0.15) is 5.10 Å². The Kier molecular flexibility index (Phi) is 4.36. The fourth-order valence-corrected chi connectivity index (χ4v) is 4.22. The SMILES string of the molecule is Cc1ccc(-c2cn3nc(CNc4ccc(Cl)cc4)n4c3c2CCCC4)cc1. The lowest BCUT2D eigenvalue weighted by molar-refractivity contribution is 0.619. The molecule has 1 N–H and O–H groups in total. The molecule has 3 heterocycles. The number of hydrogen-bond acceptors (Lipinski definition) is 2. The highest BCUT2D eigenvalue weighted by Gasteiger charge is 2.22. The highest BCUT2D eigenvalue weighted by Crippen LogP contribution is 2.33. The molecule has 142 valence electrons. The van der Waals surface area contributed by atoms with Crippen LogP contribution >= 0.6 is 11.6 Å². The fourth-order valence-electron chi connectivity index (χ4n) is 4.10. The predicted octanol–water partition coefficient (Wildman–Crippen LogP) is 5.71. The molecule has 0 amide bonds. The third-order valence-corrected chi connectivity index (χ3v) is 5.82. The first kappa shape index (κ1) is 17.4. The minimum Gasteiger partial charge on any atom is -0.378 e. The minimum absolute atomic E-state index is 0.697. The van der Waals surface area contributed by atoms with E-state index in [2.05, 4.69) is 51.8 Å². The summed E-state index contributed by atoms with van der Waals surface area (Å²) in [6.07, 6.45) is 5.70. The van der Waals surface area contributed by atoms with Gasteiger partial charge in [-0.05, 0) is 56.0 Å². The van der Waals surface area contributed by atoms with Gasteiger partial charge < -0.3 is 9.88 Å². The number of hydrogen-bond donors (Lipinski definition) is 1. The monoisotopic (exact) mass is 390 g/mol. The smallest absolute Gasteiger partial charge is 0.150 e. The van der Waals surface area contributed by atoms with Gasteiger partial charge in [-0.15, -0.1) is 0 Å². The summed E-state index contributed by atoms with van der Waals surface area (Å²) >= 11 is 5.98. The van der Waals surface area contributed by atoms with Crippen molar-refractivity contribution < 1.29 is 0 Å². The van der Waals surface area contributed by atoms with Crippen molar-refractivity contribution in [2.75, 3.05) is 5.32 Å². The van der Waals surface area contributed by atoms with Crippen LogP contribution in [0.25, 0.3) is 16.8 Å². The number of anilines is 1. The molecule has 0 saturated carbocycles. The third-order valence-electron chi connectivity index (χ3n) is 5.57. The van der Waals surface area contributed by atoms with Gasteiger partial charge in [-0.25, -0.2) is 4.52 Å². The summed E-state index contributed by atoms with van der Waals surface area (Å²) in [6.45, 7) is 3.85. The Hall–Kier alpha value is -2.72. The zero-order valence-electron chi connectivity index (χ0n) is 16.0. The first-order valence-corrected chi connectivity index (χ1v) is 10.2. The van der Waals surface area contributed by atoms with E-state index in [4.69, 9.17) is 16.7 Å². The van der Waals surface area contributed by atoms with E-state index in [-0.39, 0.29) is 0 Å². The Balaban J connectivity index is 1.52. The summed E-state index contributed by atoms with van der Waals surface area (Å²) in [4.78, 5) is 0. The molecule has 0 atom stereocenters. The first-order chi connectivity index (χ1) is 13.7. The van der Waals surface area contributed by atoms with Gasteiger partial charge in [0, 0.05) is 34.6 Å². The topological polar surface area (TPSA) is 34.3 Å². The molecule has 0 fully saturated rings. The molecule has 1 aliphatic rings. The molecule has 0 spiro atoms. The van der Waals surface area contributed by atoms with Gasteiger partial charge in [0.05, 0.1) is 6.54 Å². The maximum absolute atomic E-state index is 5.98. The maximum Gasteiger partial charge on any atom is 0.150 e. The van der Waals surface area contributed by atoms with Gasteiger partial charge in [0.15, 0.2) is 5.82 Å². The van der Waals surface area contributed by atoms with E-state index in [1.807, 2.05) is 24.3 Å². The van der Waals surface area contributed by atoms with E-state index in [1.165, 1.54) is 40.7 Å². The summed E-state index contributed by atoms with van der Waals surface area (Å²) in [5.41, 5.74) is 7.61. The summed E-state index contributed by atoms with van der Waals surface area (Å²) in [5.74, 6) is 1.07. The van der Waals surface area contributed by atoms with Crippen LogP contribution in [0.4, 0.5) is 5.69 Å². The van der Waals surface area contributed by atoms with Crippen molar-refractivity contribution in [2.45, 2.75) is 39.3 Å². The molecular weight excluding hydrogens is 368 g/mol. The summed E-state index contributed by atoms with van der Waals surface area (Å²) in [6, 6.07) is 16.6. The van der Waals surface area contributed by atoms with Crippen molar-refractivity contribution in [1.29, 1.82) is 0 Å². The molecule has 4 aromatic rings. The van der Waals surface area contributed by atoms with Crippen LogP contribution in [-0.2, 0) is 19.5 Å². The summed E-state index contributed by atoms with van der Waals surface area (Å²) < 4.78 is 4.47. The number of rotatable bonds is 4. The molecule has 0 aliphatic carbocycles. The van der Waals surface area contributed by atoms with Crippen LogP contribution in [0.2, 0.25) is 5.02 Å². The standard InChI is InChI=1S/C23H23ClN4/c1-16-5-7-17(8-6-16)21-15-28-23-20(21)4-2-3-13-27(23)22(26-28)14-25-19-11-9-18(24)10-12-19/h5-12,15,25H,2-4,13-14H2,1H3. The van der Waals surface area contributed by atoms with Crippen LogP contribution in [0.1, 0.15) is 29.8 Å². The molecule has 5 heteroatoms. The van der Waals surface area contributed by atoms with Crippen molar-refractivity contribution in [2.24, 2.45) is 0 Å². The maximum atomic E-state index is 5.98. The van der Waals surface area contributed by atoms with E-state index in [9.17, 15) is 0 Å².